The van der Waals surface area contributed by atoms with Crippen LogP contribution in [0.4, 0.5) is 17.1 Å². The molecule has 7 aromatic rings. The van der Waals surface area contributed by atoms with Crippen molar-refractivity contribution in [2.75, 3.05) is 4.90 Å². The van der Waals surface area contributed by atoms with Crippen LogP contribution in [-0.4, -0.2) is 0 Å². The monoisotopic (exact) mass is 575 g/mol. The number of rotatable bonds is 3. The molecule has 0 fully saturated rings. The summed E-state index contributed by atoms with van der Waals surface area (Å²) in [5.41, 5.74) is 12.4. The summed E-state index contributed by atoms with van der Waals surface area (Å²) in [6.07, 6.45) is 0. The number of benzene rings is 7. The summed E-state index contributed by atoms with van der Waals surface area (Å²) in [6.45, 7) is 0. The van der Waals surface area contributed by atoms with Crippen LogP contribution in [0.15, 0.2) is 176 Å². The molecule has 212 valence electrons. The van der Waals surface area contributed by atoms with Crippen molar-refractivity contribution < 1.29 is 4.74 Å². The zero-order valence-corrected chi connectivity index (χ0v) is 24.6. The lowest BCUT2D eigenvalue weighted by atomic mass is 9.61. The second-order valence-corrected chi connectivity index (χ2v) is 11.7. The molecule has 45 heavy (non-hydrogen) atoms. The van der Waals surface area contributed by atoms with E-state index in [4.69, 9.17) is 4.74 Å². The fraction of sp³-hybridized carbons (Fsp3) is 0.0233. The number of hydrogen-bond acceptors (Lipinski definition) is 2. The van der Waals surface area contributed by atoms with Gasteiger partial charge < -0.3 is 9.64 Å². The van der Waals surface area contributed by atoms with E-state index in [1.54, 1.807) is 0 Å². The molecule has 0 unspecified atom stereocenters. The van der Waals surface area contributed by atoms with E-state index in [-0.39, 0.29) is 0 Å². The second kappa shape index (κ2) is 10.1. The fourth-order valence-corrected chi connectivity index (χ4v) is 7.41. The molecule has 2 heterocycles. The van der Waals surface area contributed by atoms with E-state index in [2.05, 4.69) is 181 Å². The third-order valence-corrected chi connectivity index (χ3v) is 9.31. The van der Waals surface area contributed by atoms with Crippen molar-refractivity contribution in [3.8, 4) is 33.8 Å². The molecule has 1 spiro atoms. The molecule has 2 heteroatoms. The molecule has 2 nitrogen and oxygen atoms in total. The third kappa shape index (κ3) is 3.82. The molecule has 9 rings (SSSR count). The van der Waals surface area contributed by atoms with Crippen LogP contribution in [0.5, 0.6) is 11.5 Å². The molecule has 0 amide bonds. The molecule has 0 atom stereocenters. The molecule has 2 aliphatic heterocycles. The molecule has 0 N–H and O–H groups in total. The van der Waals surface area contributed by atoms with Gasteiger partial charge in [-0.25, -0.2) is 0 Å². The quantitative estimate of drug-likeness (QED) is 0.208. The van der Waals surface area contributed by atoms with Crippen LogP contribution in [0.3, 0.4) is 0 Å². The van der Waals surface area contributed by atoms with Crippen LogP contribution in [0.2, 0.25) is 0 Å². The van der Waals surface area contributed by atoms with Gasteiger partial charge in [0.05, 0.1) is 16.8 Å². The molecule has 0 bridgehead atoms. The Labute approximate surface area is 263 Å². The molecule has 0 aliphatic carbocycles. The van der Waals surface area contributed by atoms with E-state index in [9.17, 15) is 0 Å². The van der Waals surface area contributed by atoms with Crippen molar-refractivity contribution in [2.24, 2.45) is 0 Å². The van der Waals surface area contributed by atoms with Gasteiger partial charge in [0.2, 0.25) is 0 Å². The molecule has 7 aromatic carbocycles. The van der Waals surface area contributed by atoms with Gasteiger partial charge in [-0.2, -0.15) is 0 Å². The van der Waals surface area contributed by atoms with Gasteiger partial charge in [-0.3, -0.25) is 0 Å². The van der Waals surface area contributed by atoms with Gasteiger partial charge >= 0.3 is 0 Å². The summed E-state index contributed by atoms with van der Waals surface area (Å²) in [7, 11) is 0. The molecule has 0 aromatic heterocycles. The first-order valence-electron chi connectivity index (χ1n) is 15.4. The van der Waals surface area contributed by atoms with Gasteiger partial charge in [0.1, 0.15) is 11.5 Å². The molecular formula is C43H29NO. The maximum absolute atomic E-state index is 6.61. The minimum atomic E-state index is -0.588. The van der Waals surface area contributed by atoms with E-state index < -0.39 is 5.41 Å². The normalized spacial score (nSPS) is 13.6. The van der Waals surface area contributed by atoms with Gasteiger partial charge in [-0.1, -0.05) is 133 Å². The number of anilines is 3. The van der Waals surface area contributed by atoms with Crippen molar-refractivity contribution in [1.29, 1.82) is 0 Å². The Hall–Kier alpha value is -5.86. The molecule has 2 aliphatic rings. The lowest BCUT2D eigenvalue weighted by molar-refractivity contribution is 0.434. The van der Waals surface area contributed by atoms with Crippen molar-refractivity contribution in [3.63, 3.8) is 0 Å². The highest BCUT2D eigenvalue weighted by atomic mass is 16.5. The van der Waals surface area contributed by atoms with Crippen molar-refractivity contribution in [2.45, 2.75) is 5.41 Å². The average molecular weight is 576 g/mol. The highest BCUT2D eigenvalue weighted by Gasteiger charge is 2.51. The summed E-state index contributed by atoms with van der Waals surface area (Å²) in [5.74, 6) is 1.78. The first-order chi connectivity index (χ1) is 22.3. The Morgan fingerprint density at radius 3 is 1.53 bits per heavy atom. The summed E-state index contributed by atoms with van der Waals surface area (Å²) in [5, 5.41) is 0. The molecular weight excluding hydrogens is 546 g/mol. The van der Waals surface area contributed by atoms with E-state index >= 15 is 0 Å². The Kier molecular flexibility index (Phi) is 5.76. The number of fused-ring (bicyclic) bond motifs is 8. The molecule has 0 radical (unpaired) electrons. The maximum atomic E-state index is 6.61. The van der Waals surface area contributed by atoms with Gasteiger partial charge in [0, 0.05) is 16.8 Å². The number of hydrogen-bond donors (Lipinski definition) is 0. The highest BCUT2D eigenvalue weighted by molar-refractivity contribution is 5.93. The topological polar surface area (TPSA) is 12.5 Å². The van der Waals surface area contributed by atoms with Crippen LogP contribution in [0, 0.1) is 0 Å². The second-order valence-electron chi connectivity index (χ2n) is 11.7. The van der Waals surface area contributed by atoms with Crippen LogP contribution in [0.25, 0.3) is 22.3 Å². The zero-order valence-electron chi connectivity index (χ0n) is 24.6. The SMILES string of the molecule is c1ccc(-c2cccc(N3c4ccccc4C4(c5ccccc5Oc5ccccc54)c4cc(-c5ccccc5)ccc43)c2)cc1. The lowest BCUT2D eigenvalue weighted by Gasteiger charge is -2.48. The molecule has 0 saturated heterocycles. The van der Waals surface area contributed by atoms with Gasteiger partial charge in [-0.15, -0.1) is 0 Å². The first kappa shape index (κ1) is 25.6. The van der Waals surface area contributed by atoms with E-state index in [0.29, 0.717) is 0 Å². The Morgan fingerprint density at radius 2 is 0.867 bits per heavy atom. The molecule has 0 saturated carbocycles. The van der Waals surface area contributed by atoms with Gasteiger partial charge in [0.15, 0.2) is 0 Å². The summed E-state index contributed by atoms with van der Waals surface area (Å²) < 4.78 is 6.61. The average Bonchev–Trinajstić information content (AvgIpc) is 3.12. The van der Waals surface area contributed by atoms with Crippen molar-refractivity contribution in [1.82, 2.24) is 0 Å². The van der Waals surface area contributed by atoms with E-state index in [1.807, 2.05) is 0 Å². The zero-order chi connectivity index (χ0) is 29.8. The van der Waals surface area contributed by atoms with Crippen LogP contribution in [-0.2, 0) is 5.41 Å². The standard InChI is InChI=1S/C43H29NO/c1-3-14-30(15-4-1)32-18-13-19-34(28-32)44-39-23-10-7-20-35(39)43(38-29-33(26-27-40(38)44)31-16-5-2-6-17-31)36-21-8-11-24-41(36)45-42-25-12-9-22-37(42)43/h1-29H. The summed E-state index contributed by atoms with van der Waals surface area (Å²) in [6, 6.07) is 63.2. The Morgan fingerprint density at radius 1 is 0.356 bits per heavy atom. The smallest absolute Gasteiger partial charge is 0.132 e. The largest absolute Gasteiger partial charge is 0.457 e. The number of nitrogens with zero attached hydrogens (tertiary/aromatic N) is 1. The Bertz CT molecular complexity index is 2160. The highest BCUT2D eigenvalue weighted by Crippen LogP contribution is 2.63. The van der Waals surface area contributed by atoms with Gasteiger partial charge in [0.25, 0.3) is 0 Å². The number of para-hydroxylation sites is 3. The minimum Gasteiger partial charge on any atom is -0.457 e. The van der Waals surface area contributed by atoms with Crippen LogP contribution in [0.1, 0.15) is 22.3 Å². The third-order valence-electron chi connectivity index (χ3n) is 9.31. The first-order valence-corrected chi connectivity index (χ1v) is 15.4. The van der Waals surface area contributed by atoms with Gasteiger partial charge in [-0.05, 0) is 75.8 Å². The van der Waals surface area contributed by atoms with Crippen molar-refractivity contribution in [3.05, 3.63) is 198 Å². The number of ether oxygens (including phenoxy) is 1. The van der Waals surface area contributed by atoms with E-state index in [0.717, 1.165) is 39.7 Å². The lowest BCUT2D eigenvalue weighted by Crippen LogP contribution is -2.39. The van der Waals surface area contributed by atoms with Crippen LogP contribution >= 0.6 is 0 Å². The maximum Gasteiger partial charge on any atom is 0.132 e. The predicted molar refractivity (Wildman–Crippen MR) is 184 cm³/mol. The fourth-order valence-electron chi connectivity index (χ4n) is 7.41. The summed E-state index contributed by atoms with van der Waals surface area (Å²) >= 11 is 0. The minimum absolute atomic E-state index is 0.588. The van der Waals surface area contributed by atoms with Crippen LogP contribution < -0.4 is 9.64 Å². The Balaban J connectivity index is 1.39. The van der Waals surface area contributed by atoms with Crippen molar-refractivity contribution >= 4 is 17.1 Å². The predicted octanol–water partition coefficient (Wildman–Crippen LogP) is 11.3. The summed E-state index contributed by atoms with van der Waals surface area (Å²) in [4.78, 5) is 2.44. The van der Waals surface area contributed by atoms with E-state index in [1.165, 1.54) is 33.4 Å².